The molecule has 0 radical (unpaired) electrons. The maximum atomic E-state index is 12.5. The molecule has 3 rings (SSSR count). The van der Waals surface area contributed by atoms with Crippen LogP contribution < -0.4 is 5.73 Å². The zero-order valence-electron chi connectivity index (χ0n) is 12.2. The van der Waals surface area contributed by atoms with Crippen molar-refractivity contribution in [3.05, 3.63) is 42.1 Å². The summed E-state index contributed by atoms with van der Waals surface area (Å²) in [5.74, 6) is 0.0543. The normalized spacial score (nSPS) is 16.3. The van der Waals surface area contributed by atoms with E-state index in [2.05, 4.69) is 11.1 Å². The summed E-state index contributed by atoms with van der Waals surface area (Å²) in [6, 6.07) is 10.1. The lowest BCUT2D eigenvalue weighted by molar-refractivity contribution is -0.134. The van der Waals surface area contributed by atoms with Crippen LogP contribution in [-0.4, -0.2) is 35.4 Å². The monoisotopic (exact) mass is 283 g/mol. The number of carbonyl (C=O) groups excluding carboxylic acids is 1. The maximum Gasteiger partial charge on any atom is 0.227 e. The van der Waals surface area contributed by atoms with E-state index < -0.39 is 0 Å². The number of para-hydroxylation sites is 1. The second kappa shape index (κ2) is 6.22. The zero-order valence-corrected chi connectivity index (χ0v) is 12.2. The van der Waals surface area contributed by atoms with Crippen LogP contribution in [0.3, 0.4) is 0 Å². The first kappa shape index (κ1) is 14.0. The van der Waals surface area contributed by atoms with E-state index in [0.29, 0.717) is 13.0 Å². The van der Waals surface area contributed by atoms with Gasteiger partial charge in [0.05, 0.1) is 11.4 Å². The third-order valence-electron chi connectivity index (χ3n) is 4.23. The predicted molar refractivity (Wildman–Crippen MR) is 83.8 cm³/mol. The Labute approximate surface area is 125 Å². The van der Waals surface area contributed by atoms with Gasteiger partial charge in [0, 0.05) is 31.2 Å². The van der Waals surface area contributed by atoms with E-state index in [1.807, 2.05) is 29.2 Å². The number of hydrogen-bond acceptors (Lipinski definition) is 3. The number of nitrogens with two attached hydrogens (primary N) is 1. The summed E-state index contributed by atoms with van der Waals surface area (Å²) in [6.45, 7) is 2.14. The van der Waals surface area contributed by atoms with Crippen molar-refractivity contribution in [1.29, 1.82) is 0 Å². The number of rotatable bonds is 4. The van der Waals surface area contributed by atoms with Crippen LogP contribution >= 0.6 is 0 Å². The average molecular weight is 283 g/mol. The molecule has 1 aromatic heterocycles. The van der Waals surface area contributed by atoms with Crippen LogP contribution in [0.5, 0.6) is 0 Å². The summed E-state index contributed by atoms with van der Waals surface area (Å²) in [7, 11) is 0. The fourth-order valence-corrected chi connectivity index (χ4v) is 3.06. The fourth-order valence-electron chi connectivity index (χ4n) is 3.06. The molecule has 1 atom stereocenters. The smallest absolute Gasteiger partial charge is 0.227 e. The minimum absolute atomic E-state index is 0.143. The molecule has 0 bridgehead atoms. The van der Waals surface area contributed by atoms with Gasteiger partial charge in [-0.05, 0) is 30.9 Å². The third kappa shape index (κ3) is 2.90. The lowest BCUT2D eigenvalue weighted by Crippen LogP contribution is -2.38. The van der Waals surface area contributed by atoms with E-state index in [4.69, 9.17) is 5.73 Å². The average Bonchev–Trinajstić information content (AvgIpc) is 3.06. The van der Waals surface area contributed by atoms with E-state index in [1.54, 1.807) is 6.20 Å². The number of nitrogens with zero attached hydrogens (tertiary/aromatic N) is 2. The molecule has 1 amide bonds. The van der Waals surface area contributed by atoms with Gasteiger partial charge < -0.3 is 10.6 Å². The van der Waals surface area contributed by atoms with Crippen molar-refractivity contribution in [3.8, 4) is 0 Å². The first-order valence-electron chi connectivity index (χ1n) is 7.61. The van der Waals surface area contributed by atoms with E-state index in [-0.39, 0.29) is 11.8 Å². The van der Waals surface area contributed by atoms with E-state index in [9.17, 15) is 4.79 Å². The SMILES string of the molecule is NCC(Cc1cccc2cccnc12)C(=O)N1CCCC1. The Hall–Kier alpha value is -1.94. The van der Waals surface area contributed by atoms with Crippen molar-refractivity contribution < 1.29 is 4.79 Å². The lowest BCUT2D eigenvalue weighted by atomic mass is 9.96. The highest BCUT2D eigenvalue weighted by atomic mass is 16.2. The standard InChI is InChI=1S/C17H21N3O/c18-12-15(17(21)20-9-1-2-10-20)11-14-6-3-5-13-7-4-8-19-16(13)14/h3-8,15H,1-2,9-12,18H2. The topological polar surface area (TPSA) is 59.2 Å². The van der Waals surface area contributed by atoms with Crippen molar-refractivity contribution in [2.45, 2.75) is 19.3 Å². The summed E-state index contributed by atoms with van der Waals surface area (Å²) < 4.78 is 0. The summed E-state index contributed by atoms with van der Waals surface area (Å²) in [4.78, 5) is 19.0. The van der Waals surface area contributed by atoms with Gasteiger partial charge in [-0.1, -0.05) is 24.3 Å². The van der Waals surface area contributed by atoms with Crippen LogP contribution in [0.15, 0.2) is 36.5 Å². The first-order chi connectivity index (χ1) is 10.3. The Morgan fingerprint density at radius 2 is 2.00 bits per heavy atom. The minimum atomic E-state index is -0.143. The second-order valence-electron chi connectivity index (χ2n) is 5.66. The van der Waals surface area contributed by atoms with Crippen molar-refractivity contribution in [1.82, 2.24) is 9.88 Å². The Bertz CT molecular complexity index is 629. The second-order valence-corrected chi connectivity index (χ2v) is 5.66. The van der Waals surface area contributed by atoms with Crippen molar-refractivity contribution in [3.63, 3.8) is 0 Å². The molecule has 4 nitrogen and oxygen atoms in total. The summed E-state index contributed by atoms with van der Waals surface area (Å²) >= 11 is 0. The molecule has 2 heterocycles. The van der Waals surface area contributed by atoms with Gasteiger partial charge in [-0.25, -0.2) is 0 Å². The van der Waals surface area contributed by atoms with Crippen LogP contribution in [0.1, 0.15) is 18.4 Å². The number of pyridine rings is 1. The molecule has 1 unspecified atom stereocenters. The van der Waals surface area contributed by atoms with Crippen molar-refractivity contribution in [2.75, 3.05) is 19.6 Å². The molecule has 1 aliphatic rings. The van der Waals surface area contributed by atoms with Crippen LogP contribution in [0.2, 0.25) is 0 Å². The number of carbonyl (C=O) groups is 1. The number of aromatic nitrogens is 1. The number of fused-ring (bicyclic) bond motifs is 1. The molecule has 1 aliphatic heterocycles. The fraction of sp³-hybridized carbons (Fsp3) is 0.412. The number of benzene rings is 1. The lowest BCUT2D eigenvalue weighted by Gasteiger charge is -2.22. The molecule has 0 aliphatic carbocycles. The van der Waals surface area contributed by atoms with Gasteiger partial charge in [-0.15, -0.1) is 0 Å². The van der Waals surface area contributed by atoms with Crippen LogP contribution in [0, 0.1) is 5.92 Å². The summed E-state index contributed by atoms with van der Waals surface area (Å²) in [5, 5.41) is 1.11. The molecule has 2 N–H and O–H groups in total. The van der Waals surface area contributed by atoms with Crippen LogP contribution in [0.25, 0.3) is 10.9 Å². The van der Waals surface area contributed by atoms with Gasteiger partial charge in [0.15, 0.2) is 0 Å². The first-order valence-corrected chi connectivity index (χ1v) is 7.61. The van der Waals surface area contributed by atoms with Crippen molar-refractivity contribution >= 4 is 16.8 Å². The van der Waals surface area contributed by atoms with Gasteiger partial charge in [-0.3, -0.25) is 9.78 Å². The van der Waals surface area contributed by atoms with E-state index >= 15 is 0 Å². The summed E-state index contributed by atoms with van der Waals surface area (Å²) in [6.07, 6.45) is 4.68. The molecule has 0 saturated carbocycles. The molecule has 1 fully saturated rings. The highest BCUT2D eigenvalue weighted by molar-refractivity contribution is 5.84. The third-order valence-corrected chi connectivity index (χ3v) is 4.23. The highest BCUT2D eigenvalue weighted by Crippen LogP contribution is 2.21. The van der Waals surface area contributed by atoms with Gasteiger partial charge in [-0.2, -0.15) is 0 Å². The van der Waals surface area contributed by atoms with Crippen LogP contribution in [0.4, 0.5) is 0 Å². The quantitative estimate of drug-likeness (QED) is 0.933. The molecule has 110 valence electrons. The Morgan fingerprint density at radius 3 is 2.76 bits per heavy atom. The zero-order chi connectivity index (χ0) is 14.7. The van der Waals surface area contributed by atoms with Gasteiger partial charge in [0.2, 0.25) is 5.91 Å². The molecule has 1 saturated heterocycles. The van der Waals surface area contributed by atoms with E-state index in [1.165, 1.54) is 0 Å². The molecular weight excluding hydrogens is 262 g/mol. The van der Waals surface area contributed by atoms with E-state index in [0.717, 1.165) is 42.4 Å². The van der Waals surface area contributed by atoms with Crippen molar-refractivity contribution in [2.24, 2.45) is 11.7 Å². The Kier molecular flexibility index (Phi) is 4.15. The molecule has 2 aromatic rings. The molecular formula is C17H21N3O. The number of likely N-dealkylation sites (tertiary alicyclic amines) is 1. The predicted octanol–water partition coefficient (Wildman–Crippen LogP) is 1.97. The molecule has 4 heteroatoms. The van der Waals surface area contributed by atoms with Gasteiger partial charge in [0.25, 0.3) is 0 Å². The number of amides is 1. The Balaban J connectivity index is 1.83. The van der Waals surface area contributed by atoms with Gasteiger partial charge in [0.1, 0.15) is 0 Å². The van der Waals surface area contributed by atoms with Crippen LogP contribution in [-0.2, 0) is 11.2 Å². The number of hydrogen-bond donors (Lipinski definition) is 1. The summed E-state index contributed by atoms with van der Waals surface area (Å²) in [5.41, 5.74) is 7.95. The maximum absolute atomic E-state index is 12.5. The highest BCUT2D eigenvalue weighted by Gasteiger charge is 2.26. The Morgan fingerprint density at radius 1 is 1.24 bits per heavy atom. The van der Waals surface area contributed by atoms with Gasteiger partial charge >= 0.3 is 0 Å². The molecule has 0 spiro atoms. The minimum Gasteiger partial charge on any atom is -0.342 e. The largest absolute Gasteiger partial charge is 0.342 e. The molecule has 1 aromatic carbocycles. The molecule has 21 heavy (non-hydrogen) atoms.